The van der Waals surface area contributed by atoms with Gasteiger partial charge < -0.3 is 14.5 Å². The fraction of sp³-hybridized carbons (Fsp3) is 0.500. The molecule has 108 valence electrons. The molecule has 1 aliphatic rings. The lowest BCUT2D eigenvalue weighted by Crippen LogP contribution is -2.32. The number of carbonyl (C=O) groups excluding carboxylic acids is 3. The van der Waals surface area contributed by atoms with Crippen molar-refractivity contribution < 1.29 is 23.5 Å². The average molecular weight is 279 g/mol. The van der Waals surface area contributed by atoms with Gasteiger partial charge in [0.15, 0.2) is 17.6 Å². The summed E-state index contributed by atoms with van der Waals surface area (Å²) in [5.41, 5.74) is 0. The highest BCUT2D eigenvalue weighted by atomic mass is 16.5. The van der Waals surface area contributed by atoms with E-state index >= 15 is 0 Å². The smallest absolute Gasteiger partial charge is 0.308 e. The minimum atomic E-state index is -0.600. The first-order valence-corrected chi connectivity index (χ1v) is 6.70. The molecule has 1 atom stereocenters. The van der Waals surface area contributed by atoms with Crippen LogP contribution in [0, 0.1) is 0 Å². The minimum Gasteiger partial charge on any atom is -0.459 e. The second kappa shape index (κ2) is 6.88. The van der Waals surface area contributed by atoms with Crippen molar-refractivity contribution in [3.63, 3.8) is 0 Å². The van der Waals surface area contributed by atoms with Crippen LogP contribution < -0.4 is 5.32 Å². The lowest BCUT2D eigenvalue weighted by molar-refractivity contribution is -0.156. The van der Waals surface area contributed by atoms with E-state index in [4.69, 9.17) is 9.15 Å². The van der Waals surface area contributed by atoms with Gasteiger partial charge in [0.2, 0.25) is 0 Å². The lowest BCUT2D eigenvalue weighted by Gasteiger charge is -2.20. The van der Waals surface area contributed by atoms with Crippen LogP contribution in [-0.4, -0.2) is 30.3 Å². The van der Waals surface area contributed by atoms with Crippen molar-refractivity contribution in [1.29, 1.82) is 0 Å². The van der Waals surface area contributed by atoms with Gasteiger partial charge in [0.05, 0.1) is 12.7 Å². The van der Waals surface area contributed by atoms with Gasteiger partial charge in [0, 0.05) is 13.0 Å². The Kier molecular flexibility index (Phi) is 4.92. The van der Waals surface area contributed by atoms with Crippen LogP contribution >= 0.6 is 0 Å². The number of Topliss-reactive ketones (excluding diaryl/α,β-unsaturated/α-hetero) is 1. The van der Waals surface area contributed by atoms with E-state index in [2.05, 4.69) is 5.32 Å². The first kappa shape index (κ1) is 14.3. The second-order valence-corrected chi connectivity index (χ2v) is 4.67. The van der Waals surface area contributed by atoms with Crippen molar-refractivity contribution >= 4 is 17.7 Å². The summed E-state index contributed by atoms with van der Waals surface area (Å²) < 4.78 is 10.0. The van der Waals surface area contributed by atoms with Crippen molar-refractivity contribution in [2.24, 2.45) is 0 Å². The van der Waals surface area contributed by atoms with Crippen molar-refractivity contribution in [3.05, 3.63) is 24.2 Å². The van der Waals surface area contributed by atoms with Crippen LogP contribution in [0.1, 0.15) is 42.7 Å². The van der Waals surface area contributed by atoms with Gasteiger partial charge in [0.1, 0.15) is 0 Å². The maximum atomic E-state index is 11.6. The third kappa shape index (κ3) is 3.94. The zero-order chi connectivity index (χ0) is 14.4. The summed E-state index contributed by atoms with van der Waals surface area (Å²) >= 11 is 0. The summed E-state index contributed by atoms with van der Waals surface area (Å²) in [5.74, 6) is -0.661. The van der Waals surface area contributed by atoms with Gasteiger partial charge in [-0.05, 0) is 31.4 Å². The summed E-state index contributed by atoms with van der Waals surface area (Å²) in [4.78, 5) is 34.6. The normalized spacial score (nSPS) is 18.6. The highest BCUT2D eigenvalue weighted by molar-refractivity contribution is 5.91. The Labute approximate surface area is 116 Å². The molecule has 0 aliphatic heterocycles. The molecular weight excluding hydrogens is 262 g/mol. The number of rotatable bonds is 5. The number of carbonyl (C=O) groups is 3. The van der Waals surface area contributed by atoms with Crippen molar-refractivity contribution in [2.45, 2.75) is 38.2 Å². The Bertz CT molecular complexity index is 480. The molecule has 1 heterocycles. The number of hydrogen-bond donors (Lipinski definition) is 1. The molecule has 1 aliphatic carbocycles. The van der Waals surface area contributed by atoms with E-state index in [-0.39, 0.29) is 30.4 Å². The molecule has 0 bridgehead atoms. The molecule has 1 fully saturated rings. The highest BCUT2D eigenvalue weighted by Gasteiger charge is 2.25. The SMILES string of the molecule is O=C(CCNC(=O)c1ccco1)O[C@@H]1CCCCC1=O. The van der Waals surface area contributed by atoms with Crippen LogP contribution in [0.5, 0.6) is 0 Å². The molecule has 6 heteroatoms. The number of esters is 1. The van der Waals surface area contributed by atoms with E-state index in [9.17, 15) is 14.4 Å². The van der Waals surface area contributed by atoms with Gasteiger partial charge in [-0.25, -0.2) is 0 Å². The zero-order valence-electron chi connectivity index (χ0n) is 11.1. The molecule has 6 nitrogen and oxygen atoms in total. The zero-order valence-corrected chi connectivity index (χ0v) is 11.1. The first-order chi connectivity index (χ1) is 9.66. The van der Waals surface area contributed by atoms with Crippen molar-refractivity contribution in [3.8, 4) is 0 Å². The Balaban J connectivity index is 1.67. The topological polar surface area (TPSA) is 85.6 Å². The Hall–Kier alpha value is -2.11. The molecule has 0 radical (unpaired) electrons. The van der Waals surface area contributed by atoms with E-state index in [1.807, 2.05) is 0 Å². The van der Waals surface area contributed by atoms with Crippen LogP contribution in [0.15, 0.2) is 22.8 Å². The van der Waals surface area contributed by atoms with Gasteiger partial charge in [-0.3, -0.25) is 14.4 Å². The molecule has 1 amide bonds. The average Bonchev–Trinajstić information content (AvgIpc) is 2.95. The Morgan fingerprint density at radius 2 is 2.25 bits per heavy atom. The molecule has 1 N–H and O–H groups in total. The third-order valence-electron chi connectivity index (χ3n) is 3.13. The fourth-order valence-corrected chi connectivity index (χ4v) is 2.07. The van der Waals surface area contributed by atoms with Crippen LogP contribution in [0.2, 0.25) is 0 Å². The van der Waals surface area contributed by atoms with Crippen molar-refractivity contribution in [2.75, 3.05) is 6.54 Å². The lowest BCUT2D eigenvalue weighted by atomic mass is 9.96. The van der Waals surface area contributed by atoms with E-state index < -0.39 is 12.1 Å². The number of nitrogens with one attached hydrogen (secondary N) is 1. The van der Waals surface area contributed by atoms with E-state index in [0.717, 1.165) is 12.8 Å². The highest BCUT2D eigenvalue weighted by Crippen LogP contribution is 2.17. The molecule has 20 heavy (non-hydrogen) atoms. The van der Waals surface area contributed by atoms with Gasteiger partial charge in [-0.1, -0.05) is 0 Å². The monoisotopic (exact) mass is 279 g/mol. The summed E-state index contributed by atoms with van der Waals surface area (Å²) in [6.45, 7) is 0.152. The molecule has 0 aromatic carbocycles. The van der Waals surface area contributed by atoms with Gasteiger partial charge in [-0.15, -0.1) is 0 Å². The first-order valence-electron chi connectivity index (χ1n) is 6.70. The molecule has 2 rings (SSSR count). The number of hydrogen-bond acceptors (Lipinski definition) is 5. The van der Waals surface area contributed by atoms with Crippen molar-refractivity contribution in [1.82, 2.24) is 5.32 Å². The largest absolute Gasteiger partial charge is 0.459 e. The predicted octanol–water partition coefficient (Wildman–Crippen LogP) is 1.45. The summed E-state index contributed by atoms with van der Waals surface area (Å²) in [6.07, 6.45) is 3.69. The standard InChI is InChI=1S/C14H17NO5/c16-10-4-1-2-5-11(10)20-13(17)7-8-15-14(18)12-6-3-9-19-12/h3,6,9,11H,1-2,4-5,7-8H2,(H,15,18)/t11-/m1/s1. The van der Waals surface area contributed by atoms with Crippen LogP contribution in [-0.2, 0) is 14.3 Å². The molecule has 1 aromatic rings. The van der Waals surface area contributed by atoms with E-state index in [1.54, 1.807) is 6.07 Å². The fourth-order valence-electron chi connectivity index (χ4n) is 2.07. The molecule has 0 saturated heterocycles. The van der Waals surface area contributed by atoms with Crippen LogP contribution in [0.25, 0.3) is 0 Å². The van der Waals surface area contributed by atoms with Gasteiger partial charge >= 0.3 is 5.97 Å². The molecule has 0 unspecified atom stereocenters. The summed E-state index contributed by atoms with van der Waals surface area (Å²) in [6, 6.07) is 3.15. The maximum Gasteiger partial charge on any atom is 0.308 e. The number of furan rings is 1. The van der Waals surface area contributed by atoms with Gasteiger partial charge in [-0.2, -0.15) is 0 Å². The number of ketones is 1. The Morgan fingerprint density at radius 3 is 2.95 bits per heavy atom. The molecule has 1 saturated carbocycles. The predicted molar refractivity (Wildman–Crippen MR) is 69.0 cm³/mol. The second-order valence-electron chi connectivity index (χ2n) is 4.67. The Morgan fingerprint density at radius 1 is 1.40 bits per heavy atom. The summed E-state index contributed by atoms with van der Waals surface area (Å²) in [7, 11) is 0. The van der Waals surface area contributed by atoms with E-state index in [0.29, 0.717) is 12.8 Å². The summed E-state index contributed by atoms with van der Waals surface area (Å²) in [5, 5.41) is 2.55. The van der Waals surface area contributed by atoms with Crippen LogP contribution in [0.3, 0.4) is 0 Å². The number of ether oxygens (including phenoxy) is 1. The molecule has 1 aromatic heterocycles. The van der Waals surface area contributed by atoms with E-state index in [1.165, 1.54) is 12.3 Å². The van der Waals surface area contributed by atoms with Gasteiger partial charge in [0.25, 0.3) is 5.91 Å². The van der Waals surface area contributed by atoms with Crippen LogP contribution in [0.4, 0.5) is 0 Å². The maximum absolute atomic E-state index is 11.6. The molecule has 0 spiro atoms. The number of amides is 1. The quantitative estimate of drug-likeness (QED) is 0.824. The molecular formula is C14H17NO5. The minimum absolute atomic E-state index is 0.00998. The third-order valence-corrected chi connectivity index (χ3v) is 3.13.